The molecule has 0 N–H and O–H groups in total. The summed E-state index contributed by atoms with van der Waals surface area (Å²) in [6, 6.07) is 18.1. The molecule has 1 atom stereocenters. The first-order valence-electron chi connectivity index (χ1n) is 14.3. The Labute approximate surface area is 273 Å². The molecule has 9 nitrogen and oxygen atoms in total. The van der Waals surface area contributed by atoms with E-state index in [-0.39, 0.29) is 17.7 Å². The van der Waals surface area contributed by atoms with Gasteiger partial charge in [0.05, 0.1) is 53.8 Å². The fourth-order valence-electron chi connectivity index (χ4n) is 5.09. The number of carbonyl (C=O) groups is 1. The minimum absolute atomic E-state index is 0.181. The van der Waals surface area contributed by atoms with E-state index in [0.717, 1.165) is 11.1 Å². The lowest BCUT2D eigenvalue weighted by atomic mass is 9.95. The van der Waals surface area contributed by atoms with Crippen LogP contribution in [-0.4, -0.2) is 38.0 Å². The number of fused-ring (bicyclic) bond motifs is 1. The van der Waals surface area contributed by atoms with E-state index in [1.54, 1.807) is 45.2 Å². The minimum Gasteiger partial charge on any atom is -0.493 e. The Kier molecular flexibility index (Phi) is 10.1. The lowest BCUT2D eigenvalue weighted by Gasteiger charge is -2.25. The molecule has 0 radical (unpaired) electrons. The molecule has 5 rings (SSSR count). The Hall–Kier alpha value is -4.35. The Bertz CT molecular complexity index is 1930. The molecule has 4 aromatic rings. The smallest absolute Gasteiger partial charge is 0.338 e. The van der Waals surface area contributed by atoms with E-state index in [1.807, 2.05) is 49.4 Å². The largest absolute Gasteiger partial charge is 0.493 e. The second-order valence-electron chi connectivity index (χ2n) is 9.95. The van der Waals surface area contributed by atoms with Crippen molar-refractivity contribution in [3.63, 3.8) is 0 Å². The molecular formula is C34H33BrN2O7S. The van der Waals surface area contributed by atoms with E-state index in [0.29, 0.717) is 61.3 Å². The normalized spacial score (nSPS) is 14.4. The molecule has 234 valence electrons. The highest BCUT2D eigenvalue weighted by molar-refractivity contribution is 9.10. The van der Waals surface area contributed by atoms with Crippen molar-refractivity contribution >= 4 is 39.3 Å². The molecule has 0 amide bonds. The number of nitrogens with zero attached hydrogens (tertiary/aromatic N) is 2. The van der Waals surface area contributed by atoms with Gasteiger partial charge in [0.25, 0.3) is 5.56 Å². The second-order valence-corrected chi connectivity index (χ2v) is 11.8. The SMILES string of the molecule is CCOC(=O)C1=C(C)N=c2s/c(=C/c3cc(Br)c(OCc4ccccc4)c(OCC)c3)c(=O)n2C1c1ccc(OC)c(OC)c1. The molecule has 45 heavy (non-hydrogen) atoms. The molecule has 0 fully saturated rings. The summed E-state index contributed by atoms with van der Waals surface area (Å²) in [7, 11) is 3.08. The van der Waals surface area contributed by atoms with Crippen molar-refractivity contribution in [2.45, 2.75) is 33.4 Å². The summed E-state index contributed by atoms with van der Waals surface area (Å²) in [6.07, 6.45) is 1.78. The van der Waals surface area contributed by atoms with Crippen LogP contribution in [0.25, 0.3) is 6.08 Å². The Morgan fingerprint density at radius 3 is 2.42 bits per heavy atom. The quantitative estimate of drug-likeness (QED) is 0.190. The van der Waals surface area contributed by atoms with Gasteiger partial charge in [-0.2, -0.15) is 0 Å². The van der Waals surface area contributed by atoms with Crippen LogP contribution >= 0.6 is 27.3 Å². The van der Waals surface area contributed by atoms with Gasteiger partial charge >= 0.3 is 5.97 Å². The highest BCUT2D eigenvalue weighted by Crippen LogP contribution is 2.38. The Morgan fingerprint density at radius 2 is 1.73 bits per heavy atom. The van der Waals surface area contributed by atoms with Crippen LogP contribution < -0.4 is 33.8 Å². The topological polar surface area (TPSA) is 97.6 Å². The number of allylic oxidation sites excluding steroid dienone is 1. The molecule has 1 aromatic heterocycles. The molecular weight excluding hydrogens is 660 g/mol. The standard InChI is InChI=1S/C34H33BrN2O7S/c1-6-42-27-16-22(15-24(35)31(27)44-19-21-11-9-8-10-12-21)17-28-32(38)37-30(23-13-14-25(40-4)26(18-23)41-5)29(33(39)43-7-2)20(3)36-34(37)45-28/h8-18,30H,6-7,19H2,1-5H3/b28-17+. The van der Waals surface area contributed by atoms with Gasteiger partial charge in [-0.25, -0.2) is 9.79 Å². The fourth-order valence-corrected chi connectivity index (χ4v) is 6.71. The number of rotatable bonds is 11. The number of ether oxygens (including phenoxy) is 5. The van der Waals surface area contributed by atoms with E-state index < -0.39 is 12.0 Å². The second kappa shape index (κ2) is 14.2. The third-order valence-electron chi connectivity index (χ3n) is 7.10. The predicted octanol–water partition coefficient (Wildman–Crippen LogP) is 5.56. The van der Waals surface area contributed by atoms with Crippen molar-refractivity contribution in [2.24, 2.45) is 4.99 Å². The van der Waals surface area contributed by atoms with E-state index in [1.165, 1.54) is 23.0 Å². The molecule has 0 spiro atoms. The number of hydrogen-bond donors (Lipinski definition) is 0. The molecule has 0 aliphatic carbocycles. The highest BCUT2D eigenvalue weighted by Gasteiger charge is 2.34. The van der Waals surface area contributed by atoms with E-state index in [9.17, 15) is 9.59 Å². The van der Waals surface area contributed by atoms with Gasteiger partial charge in [0, 0.05) is 0 Å². The van der Waals surface area contributed by atoms with Gasteiger partial charge in [-0.3, -0.25) is 9.36 Å². The molecule has 1 aliphatic rings. The molecule has 0 saturated heterocycles. The minimum atomic E-state index is -0.790. The number of halogens is 1. The maximum atomic E-state index is 14.1. The third-order valence-corrected chi connectivity index (χ3v) is 8.67. The zero-order valence-electron chi connectivity index (χ0n) is 25.6. The van der Waals surface area contributed by atoms with Crippen LogP contribution in [0.2, 0.25) is 0 Å². The first kappa shape index (κ1) is 32.1. The van der Waals surface area contributed by atoms with E-state index >= 15 is 0 Å². The van der Waals surface area contributed by atoms with Gasteiger partial charge in [-0.1, -0.05) is 47.7 Å². The van der Waals surface area contributed by atoms with Crippen LogP contribution in [0.4, 0.5) is 0 Å². The maximum Gasteiger partial charge on any atom is 0.338 e. The summed E-state index contributed by atoms with van der Waals surface area (Å²) < 4.78 is 31.1. The van der Waals surface area contributed by atoms with Gasteiger partial charge in [0.2, 0.25) is 0 Å². The fraction of sp³-hybridized carbons (Fsp3) is 0.265. The third kappa shape index (κ3) is 6.69. The molecule has 0 saturated carbocycles. The van der Waals surface area contributed by atoms with Crippen molar-refractivity contribution in [1.29, 1.82) is 0 Å². The van der Waals surface area contributed by atoms with Gasteiger partial charge in [0.15, 0.2) is 27.8 Å². The van der Waals surface area contributed by atoms with Gasteiger partial charge < -0.3 is 23.7 Å². The highest BCUT2D eigenvalue weighted by atomic mass is 79.9. The number of esters is 1. The van der Waals surface area contributed by atoms with Crippen molar-refractivity contribution in [3.8, 4) is 23.0 Å². The van der Waals surface area contributed by atoms with Crippen LogP contribution in [0, 0.1) is 0 Å². The molecule has 11 heteroatoms. The molecule has 1 aliphatic heterocycles. The first-order valence-corrected chi connectivity index (χ1v) is 15.9. The average molecular weight is 694 g/mol. The van der Waals surface area contributed by atoms with Crippen LogP contribution in [-0.2, 0) is 16.1 Å². The first-order chi connectivity index (χ1) is 21.8. The van der Waals surface area contributed by atoms with Gasteiger partial charge in [-0.15, -0.1) is 0 Å². The van der Waals surface area contributed by atoms with Crippen LogP contribution in [0.1, 0.15) is 43.5 Å². The van der Waals surface area contributed by atoms with Crippen molar-refractivity contribution in [2.75, 3.05) is 27.4 Å². The Morgan fingerprint density at radius 1 is 0.978 bits per heavy atom. The van der Waals surface area contributed by atoms with Gasteiger partial charge in [-0.05, 0) is 83.7 Å². The number of thiazole rings is 1. The summed E-state index contributed by atoms with van der Waals surface area (Å²) >= 11 is 4.88. The molecule has 1 unspecified atom stereocenters. The lowest BCUT2D eigenvalue weighted by molar-refractivity contribution is -0.139. The number of hydrogen-bond acceptors (Lipinski definition) is 9. The zero-order chi connectivity index (χ0) is 32.1. The van der Waals surface area contributed by atoms with Crippen molar-refractivity contribution < 1.29 is 28.5 Å². The maximum absolute atomic E-state index is 14.1. The lowest BCUT2D eigenvalue weighted by Crippen LogP contribution is -2.40. The summed E-state index contributed by atoms with van der Waals surface area (Å²) in [4.78, 5) is 32.5. The monoisotopic (exact) mass is 692 g/mol. The summed E-state index contributed by atoms with van der Waals surface area (Å²) in [5, 5.41) is 0. The molecule has 3 aromatic carbocycles. The van der Waals surface area contributed by atoms with Crippen LogP contribution in [0.15, 0.2) is 86.2 Å². The number of aromatic nitrogens is 1. The van der Waals surface area contributed by atoms with Gasteiger partial charge in [0.1, 0.15) is 6.61 Å². The molecule has 2 heterocycles. The average Bonchev–Trinajstić information content (AvgIpc) is 3.33. The van der Waals surface area contributed by atoms with Crippen LogP contribution in [0.3, 0.4) is 0 Å². The predicted molar refractivity (Wildman–Crippen MR) is 176 cm³/mol. The summed E-state index contributed by atoms with van der Waals surface area (Å²) in [5.41, 5.74) is 2.86. The summed E-state index contributed by atoms with van der Waals surface area (Å²) in [6.45, 7) is 6.37. The number of carbonyl (C=O) groups excluding carboxylic acids is 1. The Balaban J connectivity index is 1.62. The van der Waals surface area contributed by atoms with E-state index in [4.69, 9.17) is 23.7 Å². The van der Waals surface area contributed by atoms with E-state index in [2.05, 4.69) is 20.9 Å². The zero-order valence-corrected chi connectivity index (χ0v) is 28.0. The van der Waals surface area contributed by atoms with Crippen LogP contribution in [0.5, 0.6) is 23.0 Å². The number of benzene rings is 3. The van der Waals surface area contributed by atoms with Crippen molar-refractivity contribution in [1.82, 2.24) is 4.57 Å². The molecule has 0 bridgehead atoms. The van der Waals surface area contributed by atoms with Crippen molar-refractivity contribution in [3.05, 3.63) is 113 Å². The summed E-state index contributed by atoms with van der Waals surface area (Å²) in [5.74, 6) is 1.58. The number of methoxy groups -OCH3 is 2.